The van der Waals surface area contributed by atoms with Crippen LogP contribution in [0.3, 0.4) is 0 Å². The summed E-state index contributed by atoms with van der Waals surface area (Å²) in [6.45, 7) is 14.7. The van der Waals surface area contributed by atoms with Crippen LogP contribution in [0.5, 0.6) is 0 Å². The molecular formula is C20H40. The van der Waals surface area contributed by atoms with E-state index in [2.05, 4.69) is 41.5 Å². The van der Waals surface area contributed by atoms with Crippen molar-refractivity contribution in [2.45, 2.75) is 99.3 Å². The largest absolute Gasteiger partial charge is 0.0654 e. The van der Waals surface area contributed by atoms with Gasteiger partial charge in [-0.25, -0.2) is 0 Å². The second-order valence-corrected chi connectivity index (χ2v) is 8.60. The summed E-state index contributed by atoms with van der Waals surface area (Å²) in [5, 5.41) is 0. The molecule has 0 N–H and O–H groups in total. The van der Waals surface area contributed by atoms with E-state index < -0.39 is 0 Å². The van der Waals surface area contributed by atoms with E-state index in [4.69, 9.17) is 0 Å². The molecule has 120 valence electrons. The van der Waals surface area contributed by atoms with Crippen LogP contribution >= 0.6 is 0 Å². The molecule has 4 atom stereocenters. The third-order valence-corrected chi connectivity index (χ3v) is 5.90. The molecule has 0 amide bonds. The van der Waals surface area contributed by atoms with Gasteiger partial charge in [0.25, 0.3) is 0 Å². The Balaban J connectivity index is 2.58. The zero-order chi connectivity index (χ0) is 15.2. The molecule has 0 aliphatic heterocycles. The molecule has 20 heavy (non-hydrogen) atoms. The van der Waals surface area contributed by atoms with Crippen LogP contribution in [0.4, 0.5) is 0 Å². The third kappa shape index (κ3) is 5.78. The molecule has 0 aromatic rings. The van der Waals surface area contributed by atoms with Crippen LogP contribution in [0, 0.1) is 29.1 Å². The minimum atomic E-state index is 0.593. The van der Waals surface area contributed by atoms with E-state index in [1.165, 1.54) is 57.8 Å². The molecule has 1 aliphatic carbocycles. The van der Waals surface area contributed by atoms with E-state index in [0.717, 1.165) is 23.7 Å². The quantitative estimate of drug-likeness (QED) is 0.445. The molecule has 0 radical (unpaired) electrons. The van der Waals surface area contributed by atoms with Crippen molar-refractivity contribution in [3.8, 4) is 0 Å². The highest BCUT2D eigenvalue weighted by molar-refractivity contribution is 4.83. The number of hydrogen-bond donors (Lipinski definition) is 0. The molecule has 0 aromatic carbocycles. The lowest BCUT2D eigenvalue weighted by Gasteiger charge is -2.39. The minimum Gasteiger partial charge on any atom is -0.0654 e. The Kier molecular flexibility index (Phi) is 7.62. The molecule has 1 aliphatic rings. The molecule has 0 heteroatoms. The van der Waals surface area contributed by atoms with Gasteiger partial charge < -0.3 is 0 Å². The van der Waals surface area contributed by atoms with Crippen molar-refractivity contribution >= 4 is 0 Å². The molecule has 1 rings (SSSR count). The standard InChI is InChI=1S/C20H40/c1-7-13-20(6,14-12-16(2)3)15-18(5)19-11-9-8-10-17(19)4/h16-19H,7-15H2,1-6H3. The summed E-state index contributed by atoms with van der Waals surface area (Å²) in [4.78, 5) is 0. The Morgan fingerprint density at radius 2 is 1.70 bits per heavy atom. The van der Waals surface area contributed by atoms with Gasteiger partial charge in [0.05, 0.1) is 0 Å². The fourth-order valence-corrected chi connectivity index (χ4v) is 4.69. The topological polar surface area (TPSA) is 0 Å². The lowest BCUT2D eigenvalue weighted by Crippen LogP contribution is -2.29. The van der Waals surface area contributed by atoms with Gasteiger partial charge in [-0.3, -0.25) is 0 Å². The summed E-state index contributed by atoms with van der Waals surface area (Å²) in [5.41, 5.74) is 0.593. The van der Waals surface area contributed by atoms with Gasteiger partial charge in [0.2, 0.25) is 0 Å². The van der Waals surface area contributed by atoms with Gasteiger partial charge in [-0.2, -0.15) is 0 Å². The van der Waals surface area contributed by atoms with Crippen LogP contribution in [0.25, 0.3) is 0 Å². The molecule has 4 unspecified atom stereocenters. The van der Waals surface area contributed by atoms with Crippen LogP contribution < -0.4 is 0 Å². The molecule has 0 saturated heterocycles. The predicted octanol–water partition coefficient (Wildman–Crippen LogP) is 7.08. The monoisotopic (exact) mass is 280 g/mol. The smallest absolute Gasteiger partial charge is 0.0323 e. The van der Waals surface area contributed by atoms with Crippen LogP contribution in [-0.2, 0) is 0 Å². The van der Waals surface area contributed by atoms with Gasteiger partial charge in [-0.05, 0) is 54.8 Å². The van der Waals surface area contributed by atoms with E-state index in [0.29, 0.717) is 5.41 Å². The SMILES string of the molecule is CCCC(C)(CCC(C)C)CC(C)C1CCCCC1C. The molecule has 1 fully saturated rings. The highest BCUT2D eigenvalue weighted by atomic mass is 14.4. The first-order chi connectivity index (χ1) is 9.38. The molecule has 0 nitrogen and oxygen atoms in total. The molecule has 0 heterocycles. The first-order valence-corrected chi connectivity index (χ1v) is 9.38. The summed E-state index contributed by atoms with van der Waals surface area (Å²) in [5.74, 6) is 3.75. The van der Waals surface area contributed by atoms with Crippen LogP contribution in [0.2, 0.25) is 0 Å². The summed E-state index contributed by atoms with van der Waals surface area (Å²) < 4.78 is 0. The van der Waals surface area contributed by atoms with Crippen molar-refractivity contribution in [3.63, 3.8) is 0 Å². The molecule has 0 bridgehead atoms. The zero-order valence-electron chi connectivity index (χ0n) is 15.2. The maximum absolute atomic E-state index is 2.57. The minimum absolute atomic E-state index is 0.593. The first kappa shape index (κ1) is 18.1. The van der Waals surface area contributed by atoms with E-state index in [1.807, 2.05) is 0 Å². The molecule has 1 saturated carbocycles. The lowest BCUT2D eigenvalue weighted by molar-refractivity contribution is 0.114. The van der Waals surface area contributed by atoms with E-state index in [-0.39, 0.29) is 0 Å². The van der Waals surface area contributed by atoms with Crippen molar-refractivity contribution in [2.75, 3.05) is 0 Å². The van der Waals surface area contributed by atoms with Gasteiger partial charge in [-0.15, -0.1) is 0 Å². The fourth-order valence-electron chi connectivity index (χ4n) is 4.69. The van der Waals surface area contributed by atoms with Crippen molar-refractivity contribution in [1.82, 2.24) is 0 Å². The normalized spacial score (nSPS) is 28.4. The van der Waals surface area contributed by atoms with E-state index >= 15 is 0 Å². The highest BCUT2D eigenvalue weighted by Gasteiger charge is 2.32. The number of hydrogen-bond acceptors (Lipinski definition) is 0. The molecular weight excluding hydrogens is 240 g/mol. The van der Waals surface area contributed by atoms with Crippen LogP contribution in [0.1, 0.15) is 99.3 Å². The van der Waals surface area contributed by atoms with Crippen LogP contribution in [0.15, 0.2) is 0 Å². The van der Waals surface area contributed by atoms with E-state index in [1.54, 1.807) is 0 Å². The lowest BCUT2D eigenvalue weighted by atomic mass is 9.66. The Morgan fingerprint density at radius 3 is 2.25 bits per heavy atom. The highest BCUT2D eigenvalue weighted by Crippen LogP contribution is 2.43. The Labute approximate surface area is 129 Å². The summed E-state index contributed by atoms with van der Waals surface area (Å²) >= 11 is 0. The average molecular weight is 281 g/mol. The fraction of sp³-hybridized carbons (Fsp3) is 1.00. The van der Waals surface area contributed by atoms with Gasteiger partial charge in [-0.1, -0.05) is 73.6 Å². The van der Waals surface area contributed by atoms with Crippen LogP contribution in [-0.4, -0.2) is 0 Å². The van der Waals surface area contributed by atoms with Gasteiger partial charge in [0.15, 0.2) is 0 Å². The Morgan fingerprint density at radius 1 is 1.05 bits per heavy atom. The summed E-state index contributed by atoms with van der Waals surface area (Å²) in [6.07, 6.45) is 13.0. The summed E-state index contributed by atoms with van der Waals surface area (Å²) in [7, 11) is 0. The van der Waals surface area contributed by atoms with Gasteiger partial charge >= 0.3 is 0 Å². The van der Waals surface area contributed by atoms with Crippen molar-refractivity contribution in [3.05, 3.63) is 0 Å². The second-order valence-electron chi connectivity index (χ2n) is 8.60. The van der Waals surface area contributed by atoms with Crippen molar-refractivity contribution in [1.29, 1.82) is 0 Å². The molecule has 0 spiro atoms. The first-order valence-electron chi connectivity index (χ1n) is 9.38. The molecule has 0 aromatic heterocycles. The van der Waals surface area contributed by atoms with Crippen molar-refractivity contribution in [2.24, 2.45) is 29.1 Å². The predicted molar refractivity (Wildman–Crippen MR) is 92.0 cm³/mol. The third-order valence-electron chi connectivity index (χ3n) is 5.90. The Bertz CT molecular complexity index is 255. The van der Waals surface area contributed by atoms with Crippen molar-refractivity contribution < 1.29 is 0 Å². The van der Waals surface area contributed by atoms with E-state index in [9.17, 15) is 0 Å². The van der Waals surface area contributed by atoms with Gasteiger partial charge in [0, 0.05) is 0 Å². The maximum atomic E-state index is 2.57. The Hall–Kier alpha value is 0. The number of rotatable bonds is 8. The maximum Gasteiger partial charge on any atom is -0.0323 e. The second kappa shape index (κ2) is 8.44. The zero-order valence-corrected chi connectivity index (χ0v) is 15.2. The summed E-state index contributed by atoms with van der Waals surface area (Å²) in [6, 6.07) is 0. The average Bonchev–Trinajstić information content (AvgIpc) is 2.37. The van der Waals surface area contributed by atoms with Gasteiger partial charge in [0.1, 0.15) is 0 Å².